The van der Waals surface area contributed by atoms with Crippen molar-refractivity contribution < 1.29 is 18.0 Å². The van der Waals surface area contributed by atoms with Gasteiger partial charge in [0.25, 0.3) is 5.91 Å². The molecule has 0 unspecified atom stereocenters. The van der Waals surface area contributed by atoms with E-state index in [4.69, 9.17) is 11.6 Å². The Hall–Kier alpha value is -2.94. The first-order valence-corrected chi connectivity index (χ1v) is 10.4. The number of nitrogens with one attached hydrogen (secondary N) is 1. The molecular formula is C22H23ClF3N5O. The molecule has 0 saturated carbocycles. The van der Waals surface area contributed by atoms with E-state index in [1.165, 1.54) is 17.0 Å². The molecular weight excluding hydrogens is 443 g/mol. The number of rotatable bonds is 6. The van der Waals surface area contributed by atoms with E-state index in [1.807, 2.05) is 13.8 Å². The molecule has 1 atom stereocenters. The van der Waals surface area contributed by atoms with Crippen LogP contribution in [0, 0.1) is 0 Å². The van der Waals surface area contributed by atoms with Crippen molar-refractivity contribution in [2.45, 2.75) is 45.3 Å². The Balaban J connectivity index is 1.88. The number of amides is 1. The molecule has 6 nitrogen and oxygen atoms in total. The highest BCUT2D eigenvalue weighted by atomic mass is 35.5. The molecule has 10 heteroatoms. The third-order valence-corrected chi connectivity index (χ3v) is 5.35. The number of hydrazone groups is 1. The smallest absolute Gasteiger partial charge is 0.288 e. The van der Waals surface area contributed by atoms with Gasteiger partial charge in [0, 0.05) is 25.2 Å². The second kappa shape index (κ2) is 9.68. The molecule has 170 valence electrons. The van der Waals surface area contributed by atoms with Crippen LogP contribution in [0.2, 0.25) is 5.15 Å². The van der Waals surface area contributed by atoms with Crippen LogP contribution in [0.25, 0.3) is 0 Å². The normalized spacial score (nSPS) is 15.4. The maximum Gasteiger partial charge on any atom is 0.416 e. The van der Waals surface area contributed by atoms with E-state index in [-0.39, 0.29) is 34.6 Å². The zero-order chi connectivity index (χ0) is 23.5. The van der Waals surface area contributed by atoms with Crippen molar-refractivity contribution in [2.24, 2.45) is 10.1 Å². The van der Waals surface area contributed by atoms with Gasteiger partial charge in [0.2, 0.25) is 0 Å². The van der Waals surface area contributed by atoms with E-state index < -0.39 is 17.6 Å². The number of fused-ring (bicyclic) bond motifs is 1. The minimum atomic E-state index is -4.55. The summed E-state index contributed by atoms with van der Waals surface area (Å²) in [6, 6.07) is 6.96. The first-order valence-electron chi connectivity index (χ1n) is 10.1. The van der Waals surface area contributed by atoms with Crippen LogP contribution in [0.1, 0.15) is 59.7 Å². The Morgan fingerprint density at radius 3 is 2.78 bits per heavy atom. The highest BCUT2D eigenvalue weighted by Gasteiger charge is 2.40. The SMILES string of the molecule is CC/C=N/NC(C[C@@H](C)c1cc(Cl)nc(N2Cc3c(cccc3C(F)(F)F)C2=O)c1)=NC. The number of nitrogens with zero attached hydrogens (tertiary/aromatic N) is 4. The summed E-state index contributed by atoms with van der Waals surface area (Å²) in [5, 5.41) is 4.23. The van der Waals surface area contributed by atoms with Gasteiger partial charge in [-0.25, -0.2) is 4.98 Å². The molecule has 0 spiro atoms. The van der Waals surface area contributed by atoms with Crippen molar-refractivity contribution in [3.05, 3.63) is 57.7 Å². The van der Waals surface area contributed by atoms with Gasteiger partial charge in [-0.15, -0.1) is 0 Å². The summed E-state index contributed by atoms with van der Waals surface area (Å²) in [4.78, 5) is 22.5. The van der Waals surface area contributed by atoms with Crippen LogP contribution >= 0.6 is 11.6 Å². The number of carbonyl (C=O) groups is 1. The molecule has 3 rings (SSSR count). The van der Waals surface area contributed by atoms with Crippen molar-refractivity contribution in [1.29, 1.82) is 0 Å². The summed E-state index contributed by atoms with van der Waals surface area (Å²) in [5.74, 6) is 0.269. The van der Waals surface area contributed by atoms with Gasteiger partial charge in [0.05, 0.1) is 12.1 Å². The lowest BCUT2D eigenvalue weighted by molar-refractivity contribution is -0.138. The Labute approximate surface area is 189 Å². The van der Waals surface area contributed by atoms with Gasteiger partial charge in [0.15, 0.2) is 0 Å². The lowest BCUT2D eigenvalue weighted by Gasteiger charge is -2.19. The first-order chi connectivity index (χ1) is 15.2. The zero-order valence-electron chi connectivity index (χ0n) is 17.9. The molecule has 1 aliphatic rings. The molecule has 0 bridgehead atoms. The second-order valence-electron chi connectivity index (χ2n) is 7.41. The summed E-state index contributed by atoms with van der Waals surface area (Å²) in [6.07, 6.45) is -1.52. The Bertz CT molecular complexity index is 1070. The Morgan fingerprint density at radius 2 is 2.12 bits per heavy atom. The number of halogens is 4. The quantitative estimate of drug-likeness (QED) is 0.268. The Kier molecular flexibility index (Phi) is 7.18. The lowest BCUT2D eigenvalue weighted by Crippen LogP contribution is -2.25. The van der Waals surface area contributed by atoms with Gasteiger partial charge in [0.1, 0.15) is 16.8 Å². The van der Waals surface area contributed by atoms with Crippen LogP contribution in [-0.2, 0) is 12.7 Å². The molecule has 1 aromatic heterocycles. The molecule has 1 aromatic carbocycles. The monoisotopic (exact) mass is 465 g/mol. The predicted octanol–water partition coefficient (Wildman–Crippen LogP) is 5.42. The number of aromatic nitrogens is 1. The standard InChI is InChI=1S/C22H23ClF3N5O/c1-4-8-28-30-19(27-3)9-13(2)14-10-18(23)29-20(11-14)31-12-16-15(21(31)32)6-5-7-17(16)22(24,25)26/h5-8,10-11,13H,4,9,12H2,1-3H3,(H,27,30)/b28-8+/t13-/m1/s1. The van der Waals surface area contributed by atoms with Crippen LogP contribution in [0.3, 0.4) is 0 Å². The summed E-state index contributed by atoms with van der Waals surface area (Å²) < 4.78 is 40.2. The van der Waals surface area contributed by atoms with Gasteiger partial charge in [-0.3, -0.25) is 20.1 Å². The fraction of sp³-hybridized carbons (Fsp3) is 0.364. The van der Waals surface area contributed by atoms with Crippen molar-refractivity contribution in [2.75, 3.05) is 11.9 Å². The number of aliphatic imine (C=N–C) groups is 1. The third kappa shape index (κ3) is 5.09. The van der Waals surface area contributed by atoms with Gasteiger partial charge >= 0.3 is 6.18 Å². The number of amidine groups is 1. The average molecular weight is 466 g/mol. The summed E-state index contributed by atoms with van der Waals surface area (Å²) in [5.41, 5.74) is 2.83. The van der Waals surface area contributed by atoms with Crippen LogP contribution in [0.15, 0.2) is 40.4 Å². The minimum Gasteiger partial charge on any atom is -0.288 e. The van der Waals surface area contributed by atoms with Gasteiger partial charge in [-0.1, -0.05) is 31.5 Å². The molecule has 0 fully saturated rings. The summed E-state index contributed by atoms with van der Waals surface area (Å²) in [6.45, 7) is 3.70. The van der Waals surface area contributed by atoms with Gasteiger partial charge in [-0.2, -0.15) is 18.3 Å². The van der Waals surface area contributed by atoms with Gasteiger partial charge < -0.3 is 0 Å². The lowest BCUT2D eigenvalue weighted by atomic mass is 9.98. The average Bonchev–Trinajstić information content (AvgIpc) is 3.08. The largest absolute Gasteiger partial charge is 0.416 e. The third-order valence-electron chi connectivity index (χ3n) is 5.16. The van der Waals surface area contributed by atoms with E-state index in [2.05, 4.69) is 20.5 Å². The zero-order valence-corrected chi connectivity index (χ0v) is 18.6. The number of carbonyl (C=O) groups excluding carboxylic acids is 1. The number of hydrogen-bond donors (Lipinski definition) is 1. The maximum absolute atomic E-state index is 13.4. The summed E-state index contributed by atoms with van der Waals surface area (Å²) >= 11 is 6.21. The van der Waals surface area contributed by atoms with E-state index >= 15 is 0 Å². The highest BCUT2D eigenvalue weighted by Crippen LogP contribution is 2.38. The van der Waals surface area contributed by atoms with Crippen molar-refractivity contribution in [3.63, 3.8) is 0 Å². The van der Waals surface area contributed by atoms with Crippen molar-refractivity contribution in [3.8, 4) is 0 Å². The van der Waals surface area contributed by atoms with Gasteiger partial charge in [-0.05, 0) is 47.7 Å². The van der Waals surface area contributed by atoms with E-state index in [1.54, 1.807) is 25.4 Å². The fourth-order valence-corrected chi connectivity index (χ4v) is 3.73. The number of pyridine rings is 1. The van der Waals surface area contributed by atoms with Crippen LogP contribution in [0.4, 0.5) is 19.0 Å². The predicted molar refractivity (Wildman–Crippen MR) is 120 cm³/mol. The van der Waals surface area contributed by atoms with Crippen molar-refractivity contribution in [1.82, 2.24) is 10.4 Å². The maximum atomic E-state index is 13.4. The fourth-order valence-electron chi connectivity index (χ4n) is 3.51. The molecule has 32 heavy (non-hydrogen) atoms. The molecule has 2 heterocycles. The number of hydrogen-bond acceptors (Lipinski definition) is 4. The molecule has 0 radical (unpaired) electrons. The number of anilines is 1. The number of benzene rings is 1. The van der Waals surface area contributed by atoms with E-state index in [0.29, 0.717) is 12.3 Å². The highest BCUT2D eigenvalue weighted by molar-refractivity contribution is 6.29. The van der Waals surface area contributed by atoms with Crippen LogP contribution in [-0.4, -0.2) is 30.0 Å². The molecule has 1 N–H and O–H groups in total. The second-order valence-corrected chi connectivity index (χ2v) is 7.80. The molecule has 2 aromatic rings. The van der Waals surface area contributed by atoms with Crippen molar-refractivity contribution >= 4 is 35.4 Å². The molecule has 0 saturated heterocycles. The molecule has 1 amide bonds. The molecule has 1 aliphatic heterocycles. The number of alkyl halides is 3. The van der Waals surface area contributed by atoms with E-state index in [0.717, 1.165) is 18.1 Å². The van der Waals surface area contributed by atoms with Crippen LogP contribution < -0.4 is 10.3 Å². The topological polar surface area (TPSA) is 70.0 Å². The van der Waals surface area contributed by atoms with Crippen LogP contribution in [0.5, 0.6) is 0 Å². The Morgan fingerprint density at radius 1 is 1.38 bits per heavy atom. The van der Waals surface area contributed by atoms with E-state index in [9.17, 15) is 18.0 Å². The summed E-state index contributed by atoms with van der Waals surface area (Å²) in [7, 11) is 1.65. The molecule has 0 aliphatic carbocycles. The first kappa shape index (κ1) is 23.7. The minimum absolute atomic E-state index is 0.0228.